The molecule has 1 saturated heterocycles. The zero-order chi connectivity index (χ0) is 87.4. The molecule has 1 fully saturated rings. The number of carbonyl (C=O) groups is 10. The van der Waals surface area contributed by atoms with Crippen LogP contribution in [0.25, 0.3) is 33.1 Å². The van der Waals surface area contributed by atoms with Crippen LogP contribution in [0.2, 0.25) is 0 Å². The number of piperidine rings is 1. The summed E-state index contributed by atoms with van der Waals surface area (Å²) in [6.07, 6.45) is 13.6. The number of likely N-dealkylation sites (tertiary alicyclic amines) is 1. The number of carbonyl (C=O) groups excluding carboxylic acids is 10. The van der Waals surface area contributed by atoms with Crippen LogP contribution >= 0.6 is 0 Å². The first-order valence-corrected chi connectivity index (χ1v) is 40.4. The number of aryl methyl sites for hydroxylation is 7. The molecule has 10 amide bonds. The Hall–Kier alpha value is -12.3. The van der Waals surface area contributed by atoms with Crippen molar-refractivity contribution < 1.29 is 85.6 Å². The van der Waals surface area contributed by atoms with Crippen molar-refractivity contribution in [1.29, 1.82) is 0 Å². The molecule has 0 radical (unpaired) electrons. The highest BCUT2D eigenvalue weighted by molar-refractivity contribution is 6.07. The second-order valence-corrected chi connectivity index (χ2v) is 29.5. The number of amides is 10. The second kappa shape index (κ2) is 45.4. The third kappa shape index (κ3) is 26.1. The minimum Gasteiger partial charge on any atom is -0.496 e. The molecule has 1 aromatic carbocycles. The van der Waals surface area contributed by atoms with Gasteiger partial charge in [0, 0.05) is 174 Å². The summed E-state index contributed by atoms with van der Waals surface area (Å²) in [6, 6.07) is 7.01. The number of hydrogen-bond donors (Lipinski definition) is 9. The molecule has 0 unspecified atom stereocenters. The summed E-state index contributed by atoms with van der Waals surface area (Å²) in [7, 11) is 13.4. The smallest absolute Gasteiger partial charge is 0.291 e. The number of aromatic nitrogens is 12. The van der Waals surface area contributed by atoms with E-state index in [0.717, 1.165) is 70.4 Å². The zero-order valence-corrected chi connectivity index (χ0v) is 70.9. The molecule has 122 heavy (non-hydrogen) atoms. The van der Waals surface area contributed by atoms with E-state index in [1.165, 1.54) is 44.6 Å². The van der Waals surface area contributed by atoms with Gasteiger partial charge in [-0.05, 0) is 84.8 Å². The molecule has 9 aromatic rings. The van der Waals surface area contributed by atoms with E-state index in [9.17, 15) is 47.9 Å². The molecule has 8 aromatic heterocycles. The number of pyridine rings is 1. The van der Waals surface area contributed by atoms with Gasteiger partial charge in [0.1, 0.15) is 41.0 Å². The minimum absolute atomic E-state index is 0.00432. The van der Waals surface area contributed by atoms with E-state index < -0.39 is 41.4 Å². The Morgan fingerprint density at radius 2 is 1.11 bits per heavy atom. The summed E-state index contributed by atoms with van der Waals surface area (Å²) >= 11 is 0. The minimum atomic E-state index is -0.648. The van der Waals surface area contributed by atoms with E-state index in [2.05, 4.69) is 84.4 Å². The SMILES string of the molecule is COC[C@@H](C)n1c(C2CCN(C(=O)COCCOCCOCCOCCOCCC(=O)NCCCN(C)CCCNC(=O)CCNC(=O)c3nc(NC(=O)CCNC(=O)c4cc(NC(=O)c5nc(NC(=O)CCC(=O)Nc6cc(NC(=O)c7nccn7C)cn6C)cn5C)cn4C)cn3C)CC2)nc2cnc3cc(-c4c(C)noc4C)c(OC)cc3c21. The Morgan fingerprint density at radius 1 is 0.549 bits per heavy atom. The molecule has 0 bridgehead atoms. The summed E-state index contributed by atoms with van der Waals surface area (Å²) in [5, 5.41) is 29.5. The quantitative estimate of drug-likeness (QED) is 0.0237. The van der Waals surface area contributed by atoms with Crippen LogP contribution in [0.4, 0.5) is 28.8 Å². The van der Waals surface area contributed by atoms with Crippen molar-refractivity contribution in [3.05, 3.63) is 108 Å². The van der Waals surface area contributed by atoms with E-state index in [4.69, 9.17) is 47.6 Å². The Morgan fingerprint density at radius 3 is 1.70 bits per heavy atom. The van der Waals surface area contributed by atoms with Gasteiger partial charge >= 0.3 is 0 Å². The number of ether oxygens (including phenoxy) is 7. The molecule has 9 heterocycles. The molecule has 10 rings (SSSR count). The summed E-state index contributed by atoms with van der Waals surface area (Å²) in [4.78, 5) is 155. The first-order valence-electron chi connectivity index (χ1n) is 40.4. The highest BCUT2D eigenvalue weighted by atomic mass is 16.6. The van der Waals surface area contributed by atoms with Crippen molar-refractivity contribution in [1.82, 2.24) is 88.5 Å². The van der Waals surface area contributed by atoms with E-state index >= 15 is 0 Å². The molecular formula is C81H111N23O18. The van der Waals surface area contributed by atoms with Gasteiger partial charge in [-0.2, -0.15) is 0 Å². The first kappa shape index (κ1) is 92.0. The maximum Gasteiger partial charge on any atom is 0.291 e. The lowest BCUT2D eigenvalue weighted by atomic mass is 9.95. The van der Waals surface area contributed by atoms with Crippen LogP contribution in [-0.4, -0.2) is 273 Å². The van der Waals surface area contributed by atoms with E-state index in [1.54, 1.807) is 77.1 Å². The maximum absolute atomic E-state index is 13.3. The highest BCUT2D eigenvalue weighted by Gasteiger charge is 2.32. The number of methoxy groups -OCH3 is 2. The lowest BCUT2D eigenvalue weighted by Gasteiger charge is -2.32. The second-order valence-electron chi connectivity index (χ2n) is 29.5. The van der Waals surface area contributed by atoms with Gasteiger partial charge in [-0.3, -0.25) is 52.9 Å². The molecule has 1 aliphatic rings. The van der Waals surface area contributed by atoms with Crippen LogP contribution < -0.4 is 52.6 Å². The predicted molar refractivity (Wildman–Crippen MR) is 449 cm³/mol. The predicted octanol–water partition coefficient (Wildman–Crippen LogP) is 4.51. The number of benzene rings is 1. The lowest BCUT2D eigenvalue weighted by molar-refractivity contribution is -0.138. The zero-order valence-electron chi connectivity index (χ0n) is 70.9. The summed E-state index contributed by atoms with van der Waals surface area (Å²) < 4.78 is 54.9. The average molecular weight is 1690 g/mol. The van der Waals surface area contributed by atoms with Gasteiger partial charge in [0.2, 0.25) is 47.1 Å². The third-order valence-corrected chi connectivity index (χ3v) is 20.1. The van der Waals surface area contributed by atoms with Gasteiger partial charge in [0.05, 0.1) is 119 Å². The molecule has 658 valence electrons. The summed E-state index contributed by atoms with van der Waals surface area (Å²) in [6.45, 7) is 12.9. The number of imidazole rings is 4. The van der Waals surface area contributed by atoms with Gasteiger partial charge in [0.25, 0.3) is 23.6 Å². The number of nitrogens with zero attached hydrogens (tertiary/aromatic N) is 14. The Kier molecular flexibility index (Phi) is 34.2. The molecular weight excluding hydrogens is 1580 g/mol. The maximum atomic E-state index is 13.3. The highest BCUT2D eigenvalue weighted by Crippen LogP contribution is 2.41. The van der Waals surface area contributed by atoms with Gasteiger partial charge < -0.3 is 123 Å². The van der Waals surface area contributed by atoms with Crippen LogP contribution in [0.3, 0.4) is 0 Å². The van der Waals surface area contributed by atoms with Gasteiger partial charge in [-0.25, -0.2) is 19.9 Å². The molecule has 41 heteroatoms. The van der Waals surface area contributed by atoms with E-state index in [0.29, 0.717) is 115 Å². The number of rotatable bonds is 49. The van der Waals surface area contributed by atoms with Crippen LogP contribution in [0.1, 0.15) is 136 Å². The van der Waals surface area contributed by atoms with Crippen LogP contribution in [0.5, 0.6) is 5.75 Å². The summed E-state index contributed by atoms with van der Waals surface area (Å²) in [5.41, 5.74) is 5.90. The Balaban J connectivity index is 0.487. The molecule has 41 nitrogen and oxygen atoms in total. The van der Waals surface area contributed by atoms with Crippen molar-refractivity contribution in [3.63, 3.8) is 0 Å². The molecule has 1 atom stereocenters. The fraction of sp³-hybridized carbons (Fsp3) is 0.506. The number of anilines is 5. The van der Waals surface area contributed by atoms with Gasteiger partial charge in [-0.15, -0.1) is 0 Å². The van der Waals surface area contributed by atoms with Crippen molar-refractivity contribution in [3.8, 4) is 16.9 Å². The van der Waals surface area contributed by atoms with Gasteiger partial charge in [-0.1, -0.05) is 5.16 Å². The molecule has 0 aliphatic carbocycles. The molecule has 9 N–H and O–H groups in total. The first-order chi connectivity index (χ1) is 58.7. The standard InChI is InChI=1S/C81H111N23O18/c1-51(49-115-10)104-73-57-43-62(116-11)58(72-52(2)96-122-53(72)3)42-59(57)87-44-60(73)90-74(104)54-18-28-103(29-19-54)71(110)50-121-39-38-120-37-36-119-35-34-118-33-32-117-31-20-67(106)83-22-13-27-97(4)26-12-21-82-66(105)16-23-86-79(112)76-93-64(47-101(76)8)92-70(109)17-24-85-78(111)61-40-55(45-99(61)6)88-81(114)77-94-63(48-102(77)9)91-68(107)14-15-69(108)95-65-41-56(46-100(65)7)89-80(113)75-84-25-30-98(75)5/h25,30,40-48,51,54H,12-24,26-29,31-39,49-50H2,1-11H3,(H,82,105)(H,83,106)(H,85,111)(H,86,112)(H,88,114)(H,89,113)(H,91,107)(H,92,109)(H,95,108)/t51-/m1/s1. The van der Waals surface area contributed by atoms with Crippen molar-refractivity contribution in [2.24, 2.45) is 35.2 Å². The largest absolute Gasteiger partial charge is 0.496 e. The van der Waals surface area contributed by atoms with Crippen molar-refractivity contribution in [2.75, 3.05) is 173 Å². The third-order valence-electron chi connectivity index (χ3n) is 20.1. The van der Waals surface area contributed by atoms with Crippen molar-refractivity contribution in [2.45, 2.75) is 90.5 Å². The van der Waals surface area contributed by atoms with E-state index in [-0.39, 0.29) is 135 Å². The fourth-order valence-corrected chi connectivity index (χ4v) is 13.9. The number of nitrogens with one attached hydrogen (secondary N) is 9. The van der Waals surface area contributed by atoms with Crippen LogP contribution in [-0.2, 0) is 92.4 Å². The fourth-order valence-electron chi connectivity index (χ4n) is 13.9. The number of hydrogen-bond acceptors (Lipinski definition) is 25. The van der Waals surface area contributed by atoms with E-state index in [1.807, 2.05) is 44.1 Å². The topological polar surface area (TPSA) is 470 Å². The summed E-state index contributed by atoms with van der Waals surface area (Å²) in [5.74, 6) is -0.950. The van der Waals surface area contributed by atoms with Crippen LogP contribution in [0.15, 0.2) is 72.2 Å². The molecule has 0 saturated carbocycles. The Labute approximate surface area is 704 Å². The monoisotopic (exact) mass is 1690 g/mol. The molecule has 0 spiro atoms. The van der Waals surface area contributed by atoms with Crippen molar-refractivity contribution >= 4 is 110 Å². The Bertz CT molecular complexity index is 5080. The van der Waals surface area contributed by atoms with Crippen LogP contribution in [0, 0.1) is 13.8 Å². The molecule has 1 aliphatic heterocycles. The normalized spacial score (nSPS) is 12.6. The number of fused-ring (bicyclic) bond motifs is 3. The lowest BCUT2D eigenvalue weighted by Crippen LogP contribution is -2.40. The average Bonchev–Trinajstić information content (AvgIpc) is 1.56. The van der Waals surface area contributed by atoms with Gasteiger partial charge in [0.15, 0.2) is 17.5 Å².